The Kier molecular flexibility index (Phi) is 15.1. The Balaban J connectivity index is 1.09. The lowest BCUT2D eigenvalue weighted by atomic mass is 9.34. The molecule has 0 saturated heterocycles. The first-order valence-corrected chi connectivity index (χ1v) is 40.8. The molecular formula is C110H92BNO2. The SMILES string of the molecule is COc1ccc(N(c2ccc(OC)cc2)c2cc3c4cc(-c5c(C)cc(C)cc5C)cc5c6cc(-c7c(C)cc(C)cc7C)cc7c8cc(B(c9c(C)cc(C)cc9C)c9c(C)cc(C)cc9C)cc9c%10cc(-c%11c(C)cc(C)cc%11C)cc%11c%12cc(-c%13c(C)cc(C)cc%13C)cc%13c(c2)c3c2c(c54)c(c76)c(c89)c(c%10%11)c2c%12%13)cc1. The van der Waals surface area contributed by atoms with E-state index in [9.17, 15) is 0 Å². The first kappa shape index (κ1) is 69.7. The number of fused-ring (bicyclic) bond motifs is 6. The fraction of sp³-hybridized carbons (Fsp3) is 0.182. The molecule has 0 fully saturated rings. The van der Waals surface area contributed by atoms with Crippen LogP contribution in [0.2, 0.25) is 0 Å². The Labute approximate surface area is 668 Å². The molecule has 0 amide bonds. The van der Waals surface area contributed by atoms with Crippen molar-refractivity contribution in [1.82, 2.24) is 0 Å². The van der Waals surface area contributed by atoms with Crippen LogP contribution >= 0.6 is 0 Å². The summed E-state index contributed by atoms with van der Waals surface area (Å²) in [5.41, 5.74) is 40.5. The van der Waals surface area contributed by atoms with E-state index in [1.165, 1.54) is 290 Å². The smallest absolute Gasteiger partial charge is 0.242 e. The number of methoxy groups -OCH3 is 2. The molecule has 0 aliphatic heterocycles. The van der Waals surface area contributed by atoms with Crippen LogP contribution in [0.3, 0.4) is 0 Å². The van der Waals surface area contributed by atoms with Crippen molar-refractivity contribution in [3.63, 3.8) is 0 Å². The molecule has 0 heterocycles. The Bertz CT molecular complexity index is 7160. The van der Waals surface area contributed by atoms with Gasteiger partial charge in [0.2, 0.25) is 6.71 Å². The molecular weight excluding hydrogens is 1380 g/mol. The van der Waals surface area contributed by atoms with Gasteiger partial charge in [-0.1, -0.05) is 157 Å². The second kappa shape index (κ2) is 24.6. The molecule has 4 heteroatoms. The van der Waals surface area contributed by atoms with Crippen LogP contribution in [-0.2, 0) is 0 Å². The van der Waals surface area contributed by atoms with Gasteiger partial charge in [-0.3, -0.25) is 0 Å². The molecule has 0 spiro atoms. The molecule has 21 rings (SSSR count). The maximum absolute atomic E-state index is 5.94. The molecule has 0 N–H and O–H groups in total. The minimum atomic E-state index is -0.106. The summed E-state index contributed by atoms with van der Waals surface area (Å²) in [7, 11) is 3.51. The minimum absolute atomic E-state index is 0.106. The summed E-state index contributed by atoms with van der Waals surface area (Å²) in [4.78, 5) is 2.47. The zero-order chi connectivity index (χ0) is 78.7. The van der Waals surface area contributed by atoms with E-state index in [0.29, 0.717) is 0 Å². The number of nitrogens with zero attached hydrogens (tertiary/aromatic N) is 1. The van der Waals surface area contributed by atoms with Gasteiger partial charge >= 0.3 is 0 Å². The highest BCUT2D eigenvalue weighted by Gasteiger charge is 2.37. The van der Waals surface area contributed by atoms with Gasteiger partial charge in [-0.25, -0.2) is 0 Å². The summed E-state index contributed by atoms with van der Waals surface area (Å²) in [6.45, 7) is 41.7. The number of hydrogen-bond acceptors (Lipinski definition) is 3. The molecule has 0 aliphatic rings. The van der Waals surface area contributed by atoms with Crippen LogP contribution in [0.5, 0.6) is 11.5 Å². The van der Waals surface area contributed by atoms with Gasteiger partial charge in [-0.05, 0) is 452 Å². The van der Waals surface area contributed by atoms with Crippen molar-refractivity contribution < 1.29 is 9.47 Å². The number of ether oxygens (including phenoxy) is 2. The van der Waals surface area contributed by atoms with Gasteiger partial charge in [0.25, 0.3) is 0 Å². The van der Waals surface area contributed by atoms with Crippen LogP contribution in [0, 0.1) is 125 Å². The third kappa shape index (κ3) is 9.76. The van der Waals surface area contributed by atoms with Crippen LogP contribution < -0.4 is 30.8 Å². The van der Waals surface area contributed by atoms with Crippen molar-refractivity contribution in [3.05, 3.63) is 294 Å². The average Bonchev–Trinajstić information content (AvgIpc) is 0.639. The van der Waals surface area contributed by atoms with E-state index in [-0.39, 0.29) is 6.71 Å². The lowest BCUT2D eigenvalue weighted by Crippen LogP contribution is -2.55. The molecule has 0 aromatic heterocycles. The van der Waals surface area contributed by atoms with Gasteiger partial charge in [-0.15, -0.1) is 0 Å². The topological polar surface area (TPSA) is 21.7 Å². The summed E-state index contributed by atoms with van der Waals surface area (Å²) in [5, 5.41) is 31.5. The van der Waals surface area contributed by atoms with Crippen molar-refractivity contribution in [1.29, 1.82) is 0 Å². The summed E-state index contributed by atoms with van der Waals surface area (Å²) < 4.78 is 11.9. The molecule has 0 radical (unpaired) electrons. The fourth-order valence-corrected chi connectivity index (χ4v) is 23.4. The Hall–Kier alpha value is -12.2. The van der Waals surface area contributed by atoms with Crippen LogP contribution in [0.4, 0.5) is 17.1 Å². The predicted molar refractivity (Wildman–Crippen MR) is 496 cm³/mol. The van der Waals surface area contributed by atoms with E-state index in [2.05, 4.69) is 324 Å². The summed E-state index contributed by atoms with van der Waals surface area (Å²) in [6.07, 6.45) is 0. The molecule has 552 valence electrons. The van der Waals surface area contributed by atoms with Crippen molar-refractivity contribution in [2.45, 2.75) is 125 Å². The van der Waals surface area contributed by atoms with Gasteiger partial charge in [0.05, 0.1) is 14.2 Å². The zero-order valence-electron chi connectivity index (χ0n) is 69.3. The van der Waals surface area contributed by atoms with E-state index in [0.717, 1.165) is 28.6 Å². The van der Waals surface area contributed by atoms with Gasteiger partial charge in [0, 0.05) is 17.1 Å². The highest BCUT2D eigenvalue weighted by molar-refractivity contribution is 6.97. The van der Waals surface area contributed by atoms with Crippen molar-refractivity contribution in [3.8, 4) is 56.0 Å². The normalized spacial score (nSPS) is 12.4. The minimum Gasteiger partial charge on any atom is -0.497 e. The molecule has 21 aromatic carbocycles. The average molecular weight is 1470 g/mol. The Morgan fingerprint density at radius 2 is 0.395 bits per heavy atom. The van der Waals surface area contributed by atoms with Crippen molar-refractivity contribution >= 4 is 169 Å². The van der Waals surface area contributed by atoms with Crippen LogP contribution in [0.15, 0.2) is 194 Å². The van der Waals surface area contributed by atoms with Gasteiger partial charge < -0.3 is 14.4 Å². The lowest BCUT2D eigenvalue weighted by Gasteiger charge is -2.32. The van der Waals surface area contributed by atoms with Gasteiger partial charge in [0.1, 0.15) is 11.5 Å². The second-order valence-electron chi connectivity index (χ2n) is 34.8. The Morgan fingerprint density at radius 3 is 0.605 bits per heavy atom. The van der Waals surface area contributed by atoms with Crippen LogP contribution in [0.1, 0.15) is 100 Å². The lowest BCUT2D eigenvalue weighted by molar-refractivity contribution is 0.415. The number of anilines is 3. The molecule has 21 aromatic rings. The monoisotopic (exact) mass is 1470 g/mol. The molecule has 0 saturated carbocycles. The molecule has 3 nitrogen and oxygen atoms in total. The van der Waals surface area contributed by atoms with Crippen LogP contribution in [-0.4, -0.2) is 20.9 Å². The molecule has 0 aliphatic carbocycles. The highest BCUT2D eigenvalue weighted by Crippen LogP contribution is 2.63. The standard InChI is InChI=1S/C110H92BNO2/c1-53-29-59(7)93(60(8)30-53)71-41-81-83-43-73(95-63(11)33-55(3)34-64(95)12)47-87-91-51-78(112(76-21-25-79(113-19)26-22-76)77-23-27-80(114-20)28-24-77)52-92-88-48-74(96-65(13)35-56(4)36-66(96)14)44-84-82-42-72(94-61(9)31-54(2)32-62(94)10)46-86-90-50-75(111(109-67(15)37-57(5)38-68(109)16)110-69(17)39-58(6)40-70(110)18)49-89-85(45-71)97(81)103-105(99(83)87)108(102(91)92)106(100(84)88)104(98(82)86)107(103)101(89)90/h21-52H,1-20H3. The largest absolute Gasteiger partial charge is 0.497 e. The first-order chi connectivity index (χ1) is 54.8. The van der Waals surface area contributed by atoms with E-state index >= 15 is 0 Å². The van der Waals surface area contributed by atoms with E-state index in [1.54, 1.807) is 14.2 Å². The summed E-state index contributed by atoms with van der Waals surface area (Å²) in [6, 6.07) is 78.0. The quantitative estimate of drug-likeness (QED) is 0.0691. The molecule has 114 heavy (non-hydrogen) atoms. The van der Waals surface area contributed by atoms with Crippen molar-refractivity contribution in [2.24, 2.45) is 0 Å². The van der Waals surface area contributed by atoms with Crippen molar-refractivity contribution in [2.75, 3.05) is 19.1 Å². The first-order valence-electron chi connectivity index (χ1n) is 40.8. The predicted octanol–water partition coefficient (Wildman–Crippen LogP) is 28.4. The highest BCUT2D eigenvalue weighted by atomic mass is 16.5. The maximum atomic E-state index is 5.94. The number of rotatable bonds is 12. The molecule has 0 atom stereocenters. The summed E-state index contributed by atoms with van der Waals surface area (Å²) in [5.74, 6) is 1.61. The Morgan fingerprint density at radius 1 is 0.202 bits per heavy atom. The third-order valence-electron chi connectivity index (χ3n) is 26.7. The number of benzene rings is 21. The molecule has 0 bridgehead atoms. The van der Waals surface area contributed by atoms with E-state index in [4.69, 9.17) is 9.47 Å². The fourth-order valence-electron chi connectivity index (χ4n) is 23.4. The van der Waals surface area contributed by atoms with Gasteiger partial charge in [-0.2, -0.15) is 0 Å². The third-order valence-corrected chi connectivity index (χ3v) is 26.7. The number of hydrogen-bond donors (Lipinski definition) is 0. The maximum Gasteiger partial charge on any atom is 0.242 e. The van der Waals surface area contributed by atoms with Crippen LogP contribution in [0.25, 0.3) is 174 Å². The summed E-state index contributed by atoms with van der Waals surface area (Å²) >= 11 is 0. The zero-order valence-corrected chi connectivity index (χ0v) is 69.3. The number of aryl methyl sites for hydroxylation is 18. The van der Waals surface area contributed by atoms with Gasteiger partial charge in [0.15, 0.2) is 0 Å². The van der Waals surface area contributed by atoms with E-state index < -0.39 is 0 Å². The molecule has 0 unspecified atom stereocenters. The second-order valence-corrected chi connectivity index (χ2v) is 34.8. The van der Waals surface area contributed by atoms with E-state index in [1.807, 2.05) is 0 Å².